The minimum Gasteiger partial charge on any atom is -0.492 e. The molecule has 0 atom stereocenters. The lowest BCUT2D eigenvalue weighted by atomic mass is 10.4. The third-order valence-electron chi connectivity index (χ3n) is 2.25. The molecule has 18 heavy (non-hydrogen) atoms. The molecule has 0 radical (unpaired) electrons. The second kappa shape index (κ2) is 6.27. The summed E-state index contributed by atoms with van der Waals surface area (Å²) in [7, 11) is 0. The Balaban J connectivity index is 2.03. The molecule has 2 aromatic heterocycles. The van der Waals surface area contributed by atoms with E-state index in [0.29, 0.717) is 25.4 Å². The lowest BCUT2D eigenvalue weighted by Crippen LogP contribution is -2.22. The van der Waals surface area contributed by atoms with E-state index in [4.69, 9.17) is 10.5 Å². The molecule has 6 nitrogen and oxygen atoms in total. The van der Waals surface area contributed by atoms with Crippen molar-refractivity contribution in [3.8, 4) is 5.75 Å². The van der Waals surface area contributed by atoms with Crippen LogP contribution in [0.1, 0.15) is 11.3 Å². The molecule has 7 heteroatoms. The quantitative estimate of drug-likeness (QED) is 0.769. The fourth-order valence-corrected chi connectivity index (χ4v) is 1.93. The van der Waals surface area contributed by atoms with E-state index in [1.807, 2.05) is 0 Å². The van der Waals surface area contributed by atoms with Gasteiger partial charge in [-0.2, -0.15) is 5.10 Å². The standard InChI is InChI=1S/C11H14N4O2S/c12-2-1-3-17-9-4-11(16)15(14-5-9)7-10-6-13-8-18-10/h4-6,8H,1-3,7,12H2. The van der Waals surface area contributed by atoms with Crippen LogP contribution in [0, 0.1) is 0 Å². The van der Waals surface area contributed by atoms with Crippen molar-refractivity contribution in [2.75, 3.05) is 13.2 Å². The summed E-state index contributed by atoms with van der Waals surface area (Å²) < 4.78 is 6.73. The third-order valence-corrected chi connectivity index (χ3v) is 3.02. The van der Waals surface area contributed by atoms with Gasteiger partial charge >= 0.3 is 0 Å². The molecule has 0 unspecified atom stereocenters. The maximum absolute atomic E-state index is 11.8. The molecule has 0 aliphatic heterocycles. The van der Waals surface area contributed by atoms with Gasteiger partial charge in [0.2, 0.25) is 0 Å². The second-order valence-electron chi connectivity index (χ2n) is 3.65. The average Bonchev–Trinajstić information content (AvgIpc) is 2.86. The van der Waals surface area contributed by atoms with Gasteiger partial charge in [-0.1, -0.05) is 0 Å². The lowest BCUT2D eigenvalue weighted by Gasteiger charge is -2.06. The summed E-state index contributed by atoms with van der Waals surface area (Å²) in [6, 6.07) is 1.44. The lowest BCUT2D eigenvalue weighted by molar-refractivity contribution is 0.309. The summed E-state index contributed by atoms with van der Waals surface area (Å²) in [6.07, 6.45) is 4.02. The summed E-state index contributed by atoms with van der Waals surface area (Å²) in [6.45, 7) is 1.50. The normalized spacial score (nSPS) is 10.5. The van der Waals surface area contributed by atoms with E-state index in [-0.39, 0.29) is 5.56 Å². The maximum Gasteiger partial charge on any atom is 0.270 e. The number of rotatable bonds is 6. The van der Waals surface area contributed by atoms with Crippen LogP contribution >= 0.6 is 11.3 Å². The molecule has 2 rings (SSSR count). The summed E-state index contributed by atoms with van der Waals surface area (Å²) in [5, 5.41) is 4.06. The molecule has 0 aliphatic carbocycles. The van der Waals surface area contributed by atoms with Gasteiger partial charge in [-0.3, -0.25) is 9.78 Å². The van der Waals surface area contributed by atoms with Crippen LogP contribution in [-0.2, 0) is 6.54 Å². The number of ether oxygens (including phenoxy) is 1. The molecule has 2 aromatic rings. The first kappa shape index (κ1) is 12.7. The van der Waals surface area contributed by atoms with Gasteiger partial charge in [0, 0.05) is 17.1 Å². The SMILES string of the molecule is NCCCOc1cnn(Cc2cncs2)c(=O)c1. The van der Waals surface area contributed by atoms with Crippen LogP contribution < -0.4 is 16.0 Å². The maximum atomic E-state index is 11.8. The van der Waals surface area contributed by atoms with Crippen LogP contribution in [0.2, 0.25) is 0 Å². The Morgan fingerprint density at radius 3 is 3.00 bits per heavy atom. The van der Waals surface area contributed by atoms with Crippen molar-refractivity contribution in [2.45, 2.75) is 13.0 Å². The fraction of sp³-hybridized carbons (Fsp3) is 0.364. The Kier molecular flexibility index (Phi) is 4.43. The minimum absolute atomic E-state index is 0.186. The van der Waals surface area contributed by atoms with E-state index >= 15 is 0 Å². The smallest absolute Gasteiger partial charge is 0.270 e. The fourth-order valence-electron chi connectivity index (χ4n) is 1.36. The van der Waals surface area contributed by atoms with Crippen LogP contribution in [0.5, 0.6) is 5.75 Å². The summed E-state index contributed by atoms with van der Waals surface area (Å²) in [5.74, 6) is 0.481. The predicted molar refractivity (Wildman–Crippen MR) is 68.9 cm³/mol. The summed E-state index contributed by atoms with van der Waals surface area (Å²) >= 11 is 1.49. The van der Waals surface area contributed by atoms with Gasteiger partial charge in [-0.25, -0.2) is 4.68 Å². The zero-order valence-electron chi connectivity index (χ0n) is 9.78. The first-order valence-electron chi connectivity index (χ1n) is 5.57. The predicted octanol–water partition coefficient (Wildman–Crippen LogP) is 0.476. The van der Waals surface area contributed by atoms with E-state index in [1.165, 1.54) is 22.1 Å². The first-order valence-corrected chi connectivity index (χ1v) is 6.45. The second-order valence-corrected chi connectivity index (χ2v) is 4.62. The van der Waals surface area contributed by atoms with Crippen LogP contribution in [-0.4, -0.2) is 27.9 Å². The molecule has 0 spiro atoms. The third kappa shape index (κ3) is 3.38. The molecule has 0 bridgehead atoms. The minimum atomic E-state index is -0.186. The van der Waals surface area contributed by atoms with Crippen molar-refractivity contribution in [1.29, 1.82) is 0 Å². The monoisotopic (exact) mass is 266 g/mol. The zero-order chi connectivity index (χ0) is 12.8. The first-order chi connectivity index (χ1) is 8.79. The molecule has 2 N–H and O–H groups in total. The zero-order valence-corrected chi connectivity index (χ0v) is 10.6. The van der Waals surface area contributed by atoms with Crippen LogP contribution in [0.25, 0.3) is 0 Å². The number of hydrogen-bond donors (Lipinski definition) is 1. The van der Waals surface area contributed by atoms with E-state index < -0.39 is 0 Å². The number of hydrogen-bond acceptors (Lipinski definition) is 6. The number of thiazole rings is 1. The Morgan fingerprint density at radius 2 is 2.33 bits per heavy atom. The molecular formula is C11H14N4O2S. The molecule has 0 saturated carbocycles. The molecule has 0 amide bonds. The number of aromatic nitrogens is 3. The Labute approximate surface area is 108 Å². The van der Waals surface area contributed by atoms with Crippen molar-refractivity contribution in [3.63, 3.8) is 0 Å². The highest BCUT2D eigenvalue weighted by Crippen LogP contribution is 2.08. The van der Waals surface area contributed by atoms with Gasteiger partial charge in [0.25, 0.3) is 5.56 Å². The summed E-state index contributed by atoms with van der Waals surface area (Å²) in [4.78, 5) is 16.7. The van der Waals surface area contributed by atoms with Gasteiger partial charge in [0.15, 0.2) is 0 Å². The highest BCUT2D eigenvalue weighted by atomic mass is 32.1. The Morgan fingerprint density at radius 1 is 1.44 bits per heavy atom. The van der Waals surface area contributed by atoms with E-state index in [0.717, 1.165) is 11.3 Å². The van der Waals surface area contributed by atoms with Gasteiger partial charge in [0.05, 0.1) is 24.9 Å². The molecule has 2 heterocycles. The highest BCUT2D eigenvalue weighted by molar-refractivity contribution is 7.09. The molecule has 0 aliphatic rings. The van der Waals surface area contributed by atoms with Crippen molar-refractivity contribution in [3.05, 3.63) is 39.2 Å². The van der Waals surface area contributed by atoms with Gasteiger partial charge in [-0.15, -0.1) is 11.3 Å². The average molecular weight is 266 g/mol. The van der Waals surface area contributed by atoms with E-state index in [1.54, 1.807) is 17.9 Å². The largest absolute Gasteiger partial charge is 0.492 e. The Hall–Kier alpha value is -1.73. The molecular weight excluding hydrogens is 252 g/mol. The van der Waals surface area contributed by atoms with Gasteiger partial charge in [-0.05, 0) is 13.0 Å². The van der Waals surface area contributed by atoms with Crippen molar-refractivity contribution in [1.82, 2.24) is 14.8 Å². The van der Waals surface area contributed by atoms with E-state index in [9.17, 15) is 4.79 Å². The highest BCUT2D eigenvalue weighted by Gasteiger charge is 2.03. The molecule has 96 valence electrons. The van der Waals surface area contributed by atoms with Crippen LogP contribution in [0.15, 0.2) is 28.8 Å². The summed E-state index contributed by atoms with van der Waals surface area (Å²) in [5.41, 5.74) is 6.90. The van der Waals surface area contributed by atoms with Crippen molar-refractivity contribution >= 4 is 11.3 Å². The van der Waals surface area contributed by atoms with Crippen LogP contribution in [0.4, 0.5) is 0 Å². The Bertz CT molecular complexity index is 538. The van der Waals surface area contributed by atoms with Gasteiger partial charge in [0.1, 0.15) is 5.75 Å². The van der Waals surface area contributed by atoms with Crippen LogP contribution in [0.3, 0.4) is 0 Å². The van der Waals surface area contributed by atoms with Crippen molar-refractivity contribution < 1.29 is 4.74 Å². The van der Waals surface area contributed by atoms with Crippen molar-refractivity contribution in [2.24, 2.45) is 5.73 Å². The molecule has 0 aromatic carbocycles. The van der Waals surface area contributed by atoms with Gasteiger partial charge < -0.3 is 10.5 Å². The topological polar surface area (TPSA) is 83.0 Å². The molecule has 0 saturated heterocycles. The number of nitrogens with zero attached hydrogens (tertiary/aromatic N) is 3. The number of nitrogens with two attached hydrogens (primary N) is 1. The van der Waals surface area contributed by atoms with E-state index in [2.05, 4.69) is 10.1 Å². The molecule has 0 fully saturated rings.